The van der Waals surface area contributed by atoms with Crippen molar-refractivity contribution in [3.8, 4) is 0 Å². The molecule has 0 heterocycles. The summed E-state index contributed by atoms with van der Waals surface area (Å²) in [5.41, 5.74) is 1.32. The molecule has 3 heteroatoms. The molecule has 0 fully saturated rings. The van der Waals surface area contributed by atoms with Gasteiger partial charge in [-0.25, -0.2) is 4.79 Å². The second-order valence-corrected chi connectivity index (χ2v) is 2.52. The summed E-state index contributed by atoms with van der Waals surface area (Å²) >= 11 is 0. The van der Waals surface area contributed by atoms with E-state index in [0.29, 0.717) is 0 Å². The predicted octanol–water partition coefficient (Wildman–Crippen LogP) is 1.74. The molecule has 0 amide bonds. The van der Waals surface area contributed by atoms with E-state index in [2.05, 4.69) is 23.8 Å². The average molecular weight is 194 g/mol. The van der Waals surface area contributed by atoms with Gasteiger partial charge in [-0.3, -0.25) is 4.79 Å². The number of ether oxygens (including phenoxy) is 1. The van der Waals surface area contributed by atoms with E-state index < -0.39 is 5.97 Å². The van der Waals surface area contributed by atoms with Crippen LogP contribution >= 0.6 is 0 Å². The molecule has 0 saturated heterocycles. The van der Waals surface area contributed by atoms with Crippen molar-refractivity contribution < 1.29 is 14.3 Å². The lowest BCUT2D eigenvalue weighted by Crippen LogP contribution is -2.03. The Labute approximate surface area is 83.7 Å². The molecular formula is C11H14O3. The maximum Gasteiger partial charge on any atom is 0.371 e. The summed E-state index contributed by atoms with van der Waals surface area (Å²) in [7, 11) is 0. The minimum absolute atomic E-state index is 0.142. The summed E-state index contributed by atoms with van der Waals surface area (Å²) in [5.74, 6) is -0.803. The van der Waals surface area contributed by atoms with Crippen LogP contribution in [0.4, 0.5) is 0 Å². The largest absolute Gasteiger partial charge is 0.460 e. The fourth-order valence-corrected chi connectivity index (χ4v) is 0.711. The van der Waals surface area contributed by atoms with Gasteiger partial charge in [0, 0.05) is 0 Å². The van der Waals surface area contributed by atoms with Crippen molar-refractivity contribution in [1.82, 2.24) is 0 Å². The van der Waals surface area contributed by atoms with Gasteiger partial charge in [-0.15, -0.1) is 0 Å². The Bertz CT molecular complexity index is 267. The molecule has 0 N–H and O–H groups in total. The first-order chi connectivity index (χ1) is 6.70. The number of hydrogen-bond donors (Lipinski definition) is 0. The zero-order chi connectivity index (χ0) is 10.8. The van der Waals surface area contributed by atoms with Crippen LogP contribution < -0.4 is 0 Å². The lowest BCUT2D eigenvalue weighted by atomic mass is 10.2. The van der Waals surface area contributed by atoms with E-state index in [0.717, 1.165) is 0 Å². The molecule has 0 atom stereocenters. The van der Waals surface area contributed by atoms with Crippen molar-refractivity contribution in [3.63, 3.8) is 0 Å². The van der Waals surface area contributed by atoms with Crippen molar-refractivity contribution in [2.75, 3.05) is 6.61 Å². The van der Waals surface area contributed by atoms with Crippen LogP contribution in [0.3, 0.4) is 0 Å². The van der Waals surface area contributed by atoms with Gasteiger partial charge in [0.25, 0.3) is 0 Å². The molecule has 0 spiro atoms. The SMILES string of the molecule is CCOC(=O)C=O.Cc1ccccc1. The van der Waals surface area contributed by atoms with Crippen LogP contribution in [0.5, 0.6) is 0 Å². The van der Waals surface area contributed by atoms with Gasteiger partial charge in [-0.1, -0.05) is 35.9 Å². The van der Waals surface area contributed by atoms with Crippen molar-refractivity contribution >= 4 is 12.3 Å². The van der Waals surface area contributed by atoms with Crippen LogP contribution in [-0.2, 0) is 14.3 Å². The minimum atomic E-state index is -0.803. The third-order valence-corrected chi connectivity index (χ3v) is 1.32. The van der Waals surface area contributed by atoms with Gasteiger partial charge in [0.15, 0.2) is 0 Å². The summed E-state index contributed by atoms with van der Waals surface area (Å²) in [6.45, 7) is 3.99. The van der Waals surface area contributed by atoms with E-state index >= 15 is 0 Å². The molecule has 0 bridgehead atoms. The lowest BCUT2D eigenvalue weighted by Gasteiger charge is -1.88. The molecule has 3 nitrogen and oxygen atoms in total. The lowest BCUT2D eigenvalue weighted by molar-refractivity contribution is -0.148. The Hall–Kier alpha value is -1.64. The highest BCUT2D eigenvalue weighted by molar-refractivity contribution is 6.20. The summed E-state index contributed by atoms with van der Waals surface area (Å²) in [5, 5.41) is 0. The molecule has 0 unspecified atom stereocenters. The third-order valence-electron chi connectivity index (χ3n) is 1.32. The topological polar surface area (TPSA) is 43.4 Å². The van der Waals surface area contributed by atoms with Crippen LogP contribution in [0.1, 0.15) is 12.5 Å². The molecule has 0 aliphatic heterocycles. The molecule has 14 heavy (non-hydrogen) atoms. The highest BCUT2D eigenvalue weighted by atomic mass is 16.5. The van der Waals surface area contributed by atoms with Gasteiger partial charge in [0.2, 0.25) is 6.29 Å². The van der Waals surface area contributed by atoms with Crippen LogP contribution in [0.25, 0.3) is 0 Å². The molecule has 0 radical (unpaired) electrons. The van der Waals surface area contributed by atoms with E-state index in [-0.39, 0.29) is 12.9 Å². The molecule has 1 aromatic rings. The molecule has 0 aliphatic rings. The first kappa shape index (κ1) is 12.4. The number of carbonyl (C=O) groups is 2. The standard InChI is InChI=1S/C7H8.C4H6O3/c1-7-5-3-2-4-6-7;1-2-7-4(6)3-5/h2-6H,1H3;3H,2H2,1H3. The first-order valence-electron chi connectivity index (χ1n) is 4.34. The fourth-order valence-electron chi connectivity index (χ4n) is 0.711. The zero-order valence-electron chi connectivity index (χ0n) is 8.40. The third kappa shape index (κ3) is 7.03. The van der Waals surface area contributed by atoms with Gasteiger partial charge in [-0.2, -0.15) is 0 Å². The van der Waals surface area contributed by atoms with Crippen LogP contribution in [0.15, 0.2) is 30.3 Å². The Morgan fingerprint density at radius 3 is 2.14 bits per heavy atom. The normalized spacial score (nSPS) is 8.14. The van der Waals surface area contributed by atoms with Gasteiger partial charge in [0.05, 0.1) is 6.61 Å². The number of aldehydes is 1. The second kappa shape index (κ2) is 7.98. The number of rotatable bonds is 2. The van der Waals surface area contributed by atoms with E-state index in [4.69, 9.17) is 0 Å². The van der Waals surface area contributed by atoms with E-state index in [1.807, 2.05) is 18.2 Å². The fraction of sp³-hybridized carbons (Fsp3) is 0.273. The number of benzene rings is 1. The number of aryl methyl sites for hydroxylation is 1. The molecule has 0 saturated carbocycles. The predicted molar refractivity (Wildman–Crippen MR) is 53.9 cm³/mol. The van der Waals surface area contributed by atoms with Gasteiger partial charge in [0.1, 0.15) is 0 Å². The van der Waals surface area contributed by atoms with Gasteiger partial charge >= 0.3 is 5.97 Å². The quantitative estimate of drug-likeness (QED) is 0.409. The Balaban J connectivity index is 0.000000241. The van der Waals surface area contributed by atoms with Crippen molar-refractivity contribution in [3.05, 3.63) is 35.9 Å². The zero-order valence-corrected chi connectivity index (χ0v) is 8.40. The average Bonchev–Trinajstić information content (AvgIpc) is 2.20. The first-order valence-corrected chi connectivity index (χ1v) is 4.34. The highest BCUT2D eigenvalue weighted by Gasteiger charge is 1.91. The summed E-state index contributed by atoms with van der Waals surface area (Å²) < 4.78 is 4.18. The molecule has 0 aromatic heterocycles. The number of carbonyl (C=O) groups excluding carboxylic acids is 2. The van der Waals surface area contributed by atoms with E-state index in [9.17, 15) is 9.59 Å². The highest BCUT2D eigenvalue weighted by Crippen LogP contribution is 1.92. The van der Waals surface area contributed by atoms with E-state index in [1.165, 1.54) is 5.56 Å². The van der Waals surface area contributed by atoms with Crippen LogP contribution in [0.2, 0.25) is 0 Å². The molecule has 76 valence electrons. The van der Waals surface area contributed by atoms with Crippen molar-refractivity contribution in [2.24, 2.45) is 0 Å². The molecule has 0 aliphatic carbocycles. The van der Waals surface area contributed by atoms with Crippen LogP contribution in [0, 0.1) is 6.92 Å². The molecule has 1 aromatic carbocycles. The van der Waals surface area contributed by atoms with Crippen LogP contribution in [-0.4, -0.2) is 18.9 Å². The summed E-state index contributed by atoms with van der Waals surface area (Å²) in [6, 6.07) is 10.3. The minimum Gasteiger partial charge on any atom is -0.460 e. The molecule has 1 rings (SSSR count). The number of esters is 1. The van der Waals surface area contributed by atoms with Crippen molar-refractivity contribution in [2.45, 2.75) is 13.8 Å². The second-order valence-electron chi connectivity index (χ2n) is 2.52. The smallest absolute Gasteiger partial charge is 0.371 e. The Morgan fingerprint density at radius 2 is 1.93 bits per heavy atom. The Morgan fingerprint density at radius 1 is 1.36 bits per heavy atom. The summed E-state index contributed by atoms with van der Waals surface area (Å²) in [6.07, 6.45) is 0.142. The van der Waals surface area contributed by atoms with Gasteiger partial charge in [-0.05, 0) is 13.8 Å². The monoisotopic (exact) mass is 194 g/mol. The number of hydrogen-bond acceptors (Lipinski definition) is 3. The van der Waals surface area contributed by atoms with E-state index in [1.54, 1.807) is 6.92 Å². The maximum atomic E-state index is 9.82. The van der Waals surface area contributed by atoms with Crippen molar-refractivity contribution in [1.29, 1.82) is 0 Å². The molecular weight excluding hydrogens is 180 g/mol. The summed E-state index contributed by atoms with van der Waals surface area (Å²) in [4.78, 5) is 19.2. The Kier molecular flexibility index (Phi) is 7.05. The van der Waals surface area contributed by atoms with Gasteiger partial charge < -0.3 is 4.74 Å². The maximum absolute atomic E-state index is 9.82.